The number of hydrogen-bond donors (Lipinski definition) is 1. The van der Waals surface area contributed by atoms with Gasteiger partial charge in [-0.25, -0.2) is 4.79 Å². The molecule has 0 fully saturated rings. The van der Waals surface area contributed by atoms with Crippen LogP contribution in [0.1, 0.15) is 18.1 Å². The monoisotopic (exact) mass is 381 g/mol. The van der Waals surface area contributed by atoms with E-state index in [0.29, 0.717) is 22.9 Å². The van der Waals surface area contributed by atoms with Crippen LogP contribution in [-0.2, 0) is 4.79 Å². The first-order valence-corrected chi connectivity index (χ1v) is 8.27. The number of aryl methyl sites for hydroxylation is 1. The Labute approximate surface area is 155 Å². The SMILES string of the molecule is CCOc1cc(C=Nc2cc(Cl)ccc2C)cc(Cl)c1OCC(=O)O. The average molecular weight is 382 g/mol. The van der Waals surface area contributed by atoms with E-state index in [1.807, 2.05) is 19.9 Å². The molecule has 0 amide bonds. The smallest absolute Gasteiger partial charge is 0.341 e. The lowest BCUT2D eigenvalue weighted by molar-refractivity contribution is -0.139. The Morgan fingerprint density at radius 3 is 2.68 bits per heavy atom. The van der Waals surface area contributed by atoms with Crippen molar-refractivity contribution in [1.29, 1.82) is 0 Å². The van der Waals surface area contributed by atoms with Gasteiger partial charge in [-0.3, -0.25) is 4.99 Å². The van der Waals surface area contributed by atoms with Crippen LogP contribution in [0.4, 0.5) is 5.69 Å². The molecule has 2 aromatic carbocycles. The van der Waals surface area contributed by atoms with E-state index in [0.717, 1.165) is 11.3 Å². The fourth-order valence-electron chi connectivity index (χ4n) is 2.07. The summed E-state index contributed by atoms with van der Waals surface area (Å²) in [6, 6.07) is 8.77. The summed E-state index contributed by atoms with van der Waals surface area (Å²) in [4.78, 5) is 15.1. The molecule has 5 nitrogen and oxygen atoms in total. The van der Waals surface area contributed by atoms with Crippen molar-refractivity contribution in [3.63, 3.8) is 0 Å². The van der Waals surface area contributed by atoms with Crippen LogP contribution in [0.25, 0.3) is 0 Å². The molecule has 0 aromatic heterocycles. The number of carboxylic acid groups (broad SMARTS) is 1. The Morgan fingerprint density at radius 2 is 2.00 bits per heavy atom. The summed E-state index contributed by atoms with van der Waals surface area (Å²) < 4.78 is 10.7. The van der Waals surface area contributed by atoms with Gasteiger partial charge in [0, 0.05) is 11.2 Å². The third-order valence-electron chi connectivity index (χ3n) is 3.20. The first-order valence-electron chi connectivity index (χ1n) is 7.52. The Hall–Kier alpha value is -2.24. The lowest BCUT2D eigenvalue weighted by Gasteiger charge is -2.13. The molecule has 0 atom stereocenters. The van der Waals surface area contributed by atoms with E-state index < -0.39 is 12.6 Å². The van der Waals surface area contributed by atoms with E-state index in [1.165, 1.54) is 0 Å². The van der Waals surface area contributed by atoms with Gasteiger partial charge in [0.25, 0.3) is 0 Å². The molecule has 7 heteroatoms. The molecule has 0 aliphatic rings. The highest BCUT2D eigenvalue weighted by atomic mass is 35.5. The molecular formula is C18H17Cl2NO4. The Kier molecular flexibility index (Phi) is 6.67. The van der Waals surface area contributed by atoms with E-state index in [1.54, 1.807) is 30.5 Å². The quantitative estimate of drug-likeness (QED) is 0.691. The van der Waals surface area contributed by atoms with Gasteiger partial charge in [0.1, 0.15) is 0 Å². The van der Waals surface area contributed by atoms with Crippen LogP contribution in [-0.4, -0.2) is 30.5 Å². The standard InChI is InChI=1S/C18H17Cl2NO4/c1-3-24-16-7-12(6-14(20)18(16)25-10-17(22)23)9-21-15-8-13(19)5-4-11(15)2/h4-9H,3,10H2,1-2H3,(H,22,23). The predicted molar refractivity (Wildman–Crippen MR) is 99.2 cm³/mol. The number of aliphatic carboxylic acids is 1. The minimum Gasteiger partial charge on any atom is -0.490 e. The van der Waals surface area contributed by atoms with Crippen LogP contribution in [0, 0.1) is 6.92 Å². The predicted octanol–water partition coefficient (Wildman–Crippen LogP) is 4.91. The molecule has 0 aliphatic heterocycles. The molecule has 0 radical (unpaired) electrons. The second kappa shape index (κ2) is 8.74. The Morgan fingerprint density at radius 1 is 1.24 bits per heavy atom. The molecule has 0 spiro atoms. The van der Waals surface area contributed by atoms with Crippen molar-refractivity contribution >= 4 is 41.1 Å². The molecule has 2 aromatic rings. The highest BCUT2D eigenvalue weighted by molar-refractivity contribution is 6.32. The summed E-state index contributed by atoms with van der Waals surface area (Å²) >= 11 is 12.2. The average Bonchev–Trinajstić information content (AvgIpc) is 2.55. The van der Waals surface area contributed by atoms with E-state index >= 15 is 0 Å². The fourth-order valence-corrected chi connectivity index (χ4v) is 2.51. The fraction of sp³-hybridized carbons (Fsp3) is 0.222. The van der Waals surface area contributed by atoms with E-state index in [-0.39, 0.29) is 10.8 Å². The molecule has 25 heavy (non-hydrogen) atoms. The molecule has 0 unspecified atom stereocenters. The number of aliphatic imine (C=N–C) groups is 1. The zero-order valence-electron chi connectivity index (χ0n) is 13.8. The molecule has 0 aliphatic carbocycles. The molecule has 132 valence electrons. The van der Waals surface area contributed by atoms with Crippen molar-refractivity contribution in [2.75, 3.05) is 13.2 Å². The zero-order valence-corrected chi connectivity index (χ0v) is 15.3. The first kappa shape index (κ1) is 19.1. The first-order chi connectivity index (χ1) is 11.9. The summed E-state index contributed by atoms with van der Waals surface area (Å²) in [5.74, 6) is -0.539. The summed E-state index contributed by atoms with van der Waals surface area (Å²) in [5.41, 5.74) is 2.42. The van der Waals surface area contributed by atoms with Crippen LogP contribution in [0.15, 0.2) is 35.3 Å². The Bertz CT molecular complexity index is 806. The van der Waals surface area contributed by atoms with Crippen LogP contribution >= 0.6 is 23.2 Å². The van der Waals surface area contributed by atoms with Gasteiger partial charge in [0.05, 0.1) is 17.3 Å². The van der Waals surface area contributed by atoms with Crippen molar-refractivity contribution in [3.05, 3.63) is 51.5 Å². The topological polar surface area (TPSA) is 68.1 Å². The molecule has 2 rings (SSSR count). The van der Waals surface area contributed by atoms with E-state index in [2.05, 4.69) is 4.99 Å². The Balaban J connectivity index is 2.33. The van der Waals surface area contributed by atoms with Gasteiger partial charge in [-0.05, 0) is 49.2 Å². The maximum absolute atomic E-state index is 10.7. The van der Waals surface area contributed by atoms with Gasteiger partial charge in [0.2, 0.25) is 0 Å². The summed E-state index contributed by atoms with van der Waals surface area (Å²) in [7, 11) is 0. The van der Waals surface area contributed by atoms with Crippen molar-refractivity contribution in [1.82, 2.24) is 0 Å². The number of rotatable bonds is 7. The van der Waals surface area contributed by atoms with Crippen LogP contribution in [0.2, 0.25) is 10.0 Å². The van der Waals surface area contributed by atoms with Crippen LogP contribution in [0.5, 0.6) is 11.5 Å². The van der Waals surface area contributed by atoms with E-state index in [4.69, 9.17) is 37.8 Å². The van der Waals surface area contributed by atoms with Crippen molar-refractivity contribution < 1.29 is 19.4 Å². The minimum absolute atomic E-state index is 0.196. The van der Waals surface area contributed by atoms with E-state index in [9.17, 15) is 4.79 Å². The van der Waals surface area contributed by atoms with Gasteiger partial charge in [-0.1, -0.05) is 29.3 Å². The summed E-state index contributed by atoms with van der Waals surface area (Å²) in [6.45, 7) is 3.62. The highest BCUT2D eigenvalue weighted by Crippen LogP contribution is 2.36. The van der Waals surface area contributed by atoms with Gasteiger partial charge in [-0.15, -0.1) is 0 Å². The number of halogens is 2. The van der Waals surface area contributed by atoms with Crippen LogP contribution < -0.4 is 9.47 Å². The normalized spacial score (nSPS) is 10.9. The minimum atomic E-state index is -1.10. The lowest BCUT2D eigenvalue weighted by Crippen LogP contribution is -2.11. The summed E-state index contributed by atoms with van der Waals surface area (Å²) in [6.07, 6.45) is 1.63. The number of benzene rings is 2. The largest absolute Gasteiger partial charge is 0.490 e. The van der Waals surface area contributed by atoms with Crippen molar-refractivity contribution in [2.24, 2.45) is 4.99 Å². The molecule has 0 saturated carbocycles. The maximum atomic E-state index is 10.7. The number of carbonyl (C=O) groups is 1. The molecule has 1 N–H and O–H groups in total. The molecule has 0 saturated heterocycles. The van der Waals surface area contributed by atoms with Gasteiger partial charge in [-0.2, -0.15) is 0 Å². The van der Waals surface area contributed by atoms with Crippen molar-refractivity contribution in [2.45, 2.75) is 13.8 Å². The number of nitrogens with zero attached hydrogens (tertiary/aromatic N) is 1. The molecule has 0 heterocycles. The van der Waals surface area contributed by atoms with Gasteiger partial charge < -0.3 is 14.6 Å². The molecule has 0 bridgehead atoms. The summed E-state index contributed by atoms with van der Waals surface area (Å²) in [5, 5.41) is 9.61. The third-order valence-corrected chi connectivity index (χ3v) is 3.71. The zero-order chi connectivity index (χ0) is 18.4. The number of carboxylic acids is 1. The third kappa shape index (κ3) is 5.37. The van der Waals surface area contributed by atoms with Gasteiger partial charge >= 0.3 is 5.97 Å². The second-order valence-electron chi connectivity index (χ2n) is 5.13. The maximum Gasteiger partial charge on any atom is 0.341 e. The molecular weight excluding hydrogens is 365 g/mol. The lowest BCUT2D eigenvalue weighted by atomic mass is 10.2. The van der Waals surface area contributed by atoms with Crippen molar-refractivity contribution in [3.8, 4) is 11.5 Å². The van der Waals surface area contributed by atoms with Crippen LogP contribution in [0.3, 0.4) is 0 Å². The number of hydrogen-bond acceptors (Lipinski definition) is 4. The van der Waals surface area contributed by atoms with Gasteiger partial charge in [0.15, 0.2) is 18.1 Å². The second-order valence-corrected chi connectivity index (χ2v) is 5.98. The highest BCUT2D eigenvalue weighted by Gasteiger charge is 2.13. The number of ether oxygens (including phenoxy) is 2.